The lowest BCUT2D eigenvalue weighted by molar-refractivity contribution is 0.150. The molecule has 0 N–H and O–H groups in total. The van der Waals surface area contributed by atoms with Gasteiger partial charge in [-0.3, -0.25) is 0 Å². The Morgan fingerprint density at radius 2 is 1.91 bits per heavy atom. The van der Waals surface area contributed by atoms with Crippen LogP contribution in [0.2, 0.25) is 5.02 Å². The third-order valence-corrected chi connectivity index (χ3v) is 5.42. The largest absolute Gasteiger partial charge is 0.479 e. The number of pyridine rings is 2. The van der Waals surface area contributed by atoms with Crippen LogP contribution in [-0.4, -0.2) is 38.9 Å². The smallest absolute Gasteiger partial charge is 0.422 e. The minimum absolute atomic E-state index is 0.157. The normalized spacial score (nSPS) is 10.9. The summed E-state index contributed by atoms with van der Waals surface area (Å²) in [5, 5.41) is 5.16. The van der Waals surface area contributed by atoms with Crippen molar-refractivity contribution in [3.05, 3.63) is 89.3 Å². The Kier molecular flexibility index (Phi) is 7.31. The summed E-state index contributed by atoms with van der Waals surface area (Å²) in [4.78, 5) is 22.7. The lowest BCUT2D eigenvalue weighted by atomic mass is 10.0. The number of anilines is 1. The molecule has 0 aliphatic rings. The van der Waals surface area contributed by atoms with Gasteiger partial charge < -0.3 is 9.47 Å². The van der Waals surface area contributed by atoms with Gasteiger partial charge in [-0.1, -0.05) is 29.8 Å². The number of amides is 1. The highest BCUT2D eigenvalue weighted by atomic mass is 35.5. The van der Waals surface area contributed by atoms with Gasteiger partial charge in [0, 0.05) is 29.4 Å². The number of benzene rings is 1. The molecule has 1 aromatic carbocycles. The minimum Gasteiger partial charge on any atom is -0.479 e. The van der Waals surface area contributed by atoms with Crippen molar-refractivity contribution >= 4 is 29.2 Å². The molecule has 3 aromatic heterocycles. The molecule has 1 amide bonds. The van der Waals surface area contributed by atoms with E-state index >= 15 is 0 Å². The second kappa shape index (κ2) is 10.6. The Bertz CT molecular complexity index is 1350. The molecule has 0 spiro atoms. The second-order valence-corrected chi connectivity index (χ2v) is 8.20. The predicted octanol–water partition coefficient (Wildman–Crippen LogP) is 5.81. The van der Waals surface area contributed by atoms with Crippen molar-refractivity contribution < 1.29 is 14.3 Å². The zero-order valence-corrected chi connectivity index (χ0v) is 20.6. The van der Waals surface area contributed by atoms with Gasteiger partial charge in [-0.15, -0.1) is 0 Å². The number of aromatic nitrogens is 4. The molecule has 35 heavy (non-hydrogen) atoms. The lowest BCUT2D eigenvalue weighted by Crippen LogP contribution is -2.32. The lowest BCUT2D eigenvalue weighted by Gasteiger charge is -2.22. The first kappa shape index (κ1) is 24.2. The highest BCUT2D eigenvalue weighted by Crippen LogP contribution is 2.28. The Morgan fingerprint density at radius 3 is 2.60 bits per heavy atom. The molecule has 0 bridgehead atoms. The van der Waals surface area contributed by atoms with E-state index in [-0.39, 0.29) is 12.5 Å². The Hall–Kier alpha value is -3.91. The van der Waals surface area contributed by atoms with Crippen LogP contribution >= 0.6 is 11.6 Å². The topological polar surface area (TPSA) is 81.8 Å². The molecule has 0 radical (unpaired) electrons. The summed E-state index contributed by atoms with van der Waals surface area (Å²) < 4.78 is 12.4. The summed E-state index contributed by atoms with van der Waals surface area (Å²) in [6.07, 6.45) is 3.68. The van der Waals surface area contributed by atoms with Gasteiger partial charge in [-0.2, -0.15) is 10.00 Å². The second-order valence-electron chi connectivity index (χ2n) is 7.76. The maximum absolute atomic E-state index is 12.5. The number of carbonyl (C=O) groups is 1. The van der Waals surface area contributed by atoms with Crippen LogP contribution in [0.1, 0.15) is 30.8 Å². The molecule has 4 rings (SSSR count). The first-order chi connectivity index (χ1) is 16.9. The van der Waals surface area contributed by atoms with Crippen LogP contribution in [0.3, 0.4) is 0 Å². The molecule has 0 aliphatic heterocycles. The standard InChI is InChI=1S/C26H26ClN5O3/c1-5-34-18(4)32(26(33)35-6-2)24-11-10-19(15-28-24)12-20-13-23(21-8-7-9-22(27)14-21)25-29-17(3)30-31(25)16-20/h7-11,13-16H,4-6,12H2,1-3H3. The molecular formula is C26H26ClN5O3. The van der Waals surface area contributed by atoms with Crippen molar-refractivity contribution in [1.29, 1.82) is 0 Å². The van der Waals surface area contributed by atoms with E-state index in [1.54, 1.807) is 23.7 Å². The zero-order chi connectivity index (χ0) is 24.9. The van der Waals surface area contributed by atoms with Gasteiger partial charge in [0.2, 0.25) is 0 Å². The fourth-order valence-electron chi connectivity index (χ4n) is 3.74. The van der Waals surface area contributed by atoms with Crippen LogP contribution in [0.25, 0.3) is 16.8 Å². The molecule has 0 fully saturated rings. The Labute approximate surface area is 208 Å². The van der Waals surface area contributed by atoms with Crippen molar-refractivity contribution in [3.8, 4) is 11.1 Å². The molecule has 0 aliphatic carbocycles. The Balaban J connectivity index is 1.65. The van der Waals surface area contributed by atoms with Crippen molar-refractivity contribution in [3.63, 3.8) is 0 Å². The fraction of sp³-hybridized carbons (Fsp3) is 0.231. The molecule has 4 aromatic rings. The zero-order valence-electron chi connectivity index (χ0n) is 19.9. The van der Waals surface area contributed by atoms with Gasteiger partial charge in [0.15, 0.2) is 11.5 Å². The summed E-state index contributed by atoms with van der Waals surface area (Å²) in [5.74, 6) is 1.21. The first-order valence-corrected chi connectivity index (χ1v) is 11.6. The molecule has 0 atom stereocenters. The van der Waals surface area contributed by atoms with Crippen molar-refractivity contribution in [2.24, 2.45) is 0 Å². The van der Waals surface area contributed by atoms with E-state index in [1.165, 1.54) is 4.90 Å². The minimum atomic E-state index is -0.593. The van der Waals surface area contributed by atoms with Crippen LogP contribution < -0.4 is 4.90 Å². The van der Waals surface area contributed by atoms with Crippen LogP contribution in [0.4, 0.5) is 10.6 Å². The van der Waals surface area contributed by atoms with Gasteiger partial charge in [0.05, 0.1) is 13.2 Å². The quantitative estimate of drug-likeness (QED) is 0.289. The third kappa shape index (κ3) is 5.44. The van der Waals surface area contributed by atoms with E-state index in [1.807, 2.05) is 50.4 Å². The number of carbonyl (C=O) groups excluding carboxylic acids is 1. The summed E-state index contributed by atoms with van der Waals surface area (Å²) in [6, 6.07) is 13.4. The fourth-order valence-corrected chi connectivity index (χ4v) is 3.93. The van der Waals surface area contributed by atoms with Crippen LogP contribution in [0, 0.1) is 6.92 Å². The maximum Gasteiger partial charge on any atom is 0.422 e. The summed E-state index contributed by atoms with van der Waals surface area (Å²) in [5.41, 5.74) is 4.64. The molecule has 9 heteroatoms. The SMILES string of the molecule is C=C(OCC)N(C(=O)OCC)c1ccc(Cc2cc(-c3cccc(Cl)c3)c3nc(C)nn3c2)cn1. The van der Waals surface area contributed by atoms with Crippen molar-refractivity contribution in [2.45, 2.75) is 27.2 Å². The van der Waals surface area contributed by atoms with E-state index in [9.17, 15) is 4.79 Å². The number of hydrogen-bond donors (Lipinski definition) is 0. The van der Waals surface area contributed by atoms with Gasteiger partial charge in [0.25, 0.3) is 0 Å². The van der Waals surface area contributed by atoms with Gasteiger partial charge in [-0.25, -0.2) is 19.3 Å². The summed E-state index contributed by atoms with van der Waals surface area (Å²) in [6.45, 7) is 9.84. The molecular weight excluding hydrogens is 466 g/mol. The van der Waals surface area contributed by atoms with Crippen LogP contribution in [0.5, 0.6) is 0 Å². The predicted molar refractivity (Wildman–Crippen MR) is 135 cm³/mol. The third-order valence-electron chi connectivity index (χ3n) is 5.19. The summed E-state index contributed by atoms with van der Waals surface area (Å²) in [7, 11) is 0. The number of aryl methyl sites for hydroxylation is 1. The van der Waals surface area contributed by atoms with E-state index in [0.29, 0.717) is 29.7 Å². The van der Waals surface area contributed by atoms with E-state index in [2.05, 4.69) is 27.7 Å². The molecule has 180 valence electrons. The number of rotatable bonds is 8. The van der Waals surface area contributed by atoms with E-state index in [4.69, 9.17) is 21.1 Å². The molecule has 3 heterocycles. The average Bonchev–Trinajstić information content (AvgIpc) is 3.20. The molecule has 0 saturated carbocycles. The monoisotopic (exact) mass is 491 g/mol. The average molecular weight is 492 g/mol. The number of halogens is 1. The molecule has 0 saturated heterocycles. The highest BCUT2D eigenvalue weighted by molar-refractivity contribution is 6.30. The van der Waals surface area contributed by atoms with E-state index in [0.717, 1.165) is 27.9 Å². The molecule has 0 unspecified atom stereocenters. The Morgan fingerprint density at radius 1 is 1.11 bits per heavy atom. The maximum atomic E-state index is 12.5. The number of nitrogens with zero attached hydrogens (tertiary/aromatic N) is 5. The van der Waals surface area contributed by atoms with Gasteiger partial charge >= 0.3 is 6.09 Å². The first-order valence-electron chi connectivity index (χ1n) is 11.2. The van der Waals surface area contributed by atoms with Crippen LogP contribution in [0.15, 0.2) is 67.3 Å². The van der Waals surface area contributed by atoms with E-state index < -0.39 is 6.09 Å². The number of hydrogen-bond acceptors (Lipinski definition) is 6. The number of ether oxygens (including phenoxy) is 2. The van der Waals surface area contributed by atoms with Gasteiger partial charge in [0.1, 0.15) is 11.6 Å². The molecule has 8 nitrogen and oxygen atoms in total. The van der Waals surface area contributed by atoms with Crippen molar-refractivity contribution in [1.82, 2.24) is 19.6 Å². The highest BCUT2D eigenvalue weighted by Gasteiger charge is 2.22. The summed E-state index contributed by atoms with van der Waals surface area (Å²) >= 11 is 6.24. The van der Waals surface area contributed by atoms with Gasteiger partial charge in [-0.05, 0) is 68.3 Å². The van der Waals surface area contributed by atoms with Crippen molar-refractivity contribution in [2.75, 3.05) is 18.1 Å². The number of fused-ring (bicyclic) bond motifs is 1. The van der Waals surface area contributed by atoms with Crippen LogP contribution in [-0.2, 0) is 15.9 Å².